The van der Waals surface area contributed by atoms with Gasteiger partial charge < -0.3 is 9.88 Å². The number of aromatic nitrogens is 3. The monoisotopic (exact) mass is 349 g/mol. The fraction of sp³-hybridized carbons (Fsp3) is 0.381. The van der Waals surface area contributed by atoms with Crippen LogP contribution in [0.3, 0.4) is 0 Å². The summed E-state index contributed by atoms with van der Waals surface area (Å²) in [7, 11) is 0. The molecule has 0 unspecified atom stereocenters. The first-order valence-corrected chi connectivity index (χ1v) is 9.29. The van der Waals surface area contributed by atoms with Gasteiger partial charge in [0, 0.05) is 24.1 Å². The maximum Gasteiger partial charge on any atom is 0.251 e. The number of H-pyrrole nitrogens is 1. The number of likely N-dealkylation sites (tertiary alicyclic amines) is 1. The second-order valence-corrected chi connectivity index (χ2v) is 7.50. The third-order valence-corrected chi connectivity index (χ3v) is 5.16. The van der Waals surface area contributed by atoms with Crippen molar-refractivity contribution in [2.75, 3.05) is 19.6 Å². The average molecular weight is 349 g/mol. The summed E-state index contributed by atoms with van der Waals surface area (Å²) in [6, 6.07) is 11.8. The lowest BCUT2D eigenvalue weighted by molar-refractivity contribution is 0.217. The van der Waals surface area contributed by atoms with E-state index in [1.807, 2.05) is 41.0 Å². The van der Waals surface area contributed by atoms with Gasteiger partial charge in [0.15, 0.2) is 0 Å². The number of fused-ring (bicyclic) bond motifs is 1. The largest absolute Gasteiger partial charge is 0.306 e. The van der Waals surface area contributed by atoms with E-state index in [2.05, 4.69) is 28.8 Å². The van der Waals surface area contributed by atoms with Crippen molar-refractivity contribution in [3.8, 4) is 11.1 Å². The van der Waals surface area contributed by atoms with E-state index in [0.717, 1.165) is 54.9 Å². The SMILES string of the molecule is C[C](C)CN1CCC(c2cc(=O)[nH]c3c(-c4ccccc4)cnn23)CC1. The minimum absolute atomic E-state index is 0.0506. The second kappa shape index (κ2) is 7.08. The number of hydrogen-bond acceptors (Lipinski definition) is 3. The Balaban J connectivity index is 1.67. The third-order valence-electron chi connectivity index (χ3n) is 5.16. The summed E-state index contributed by atoms with van der Waals surface area (Å²) in [4.78, 5) is 17.8. The number of nitrogens with one attached hydrogen (secondary N) is 1. The normalized spacial score (nSPS) is 16.6. The number of hydrogen-bond donors (Lipinski definition) is 1. The molecule has 135 valence electrons. The molecule has 5 heteroatoms. The minimum Gasteiger partial charge on any atom is -0.306 e. The van der Waals surface area contributed by atoms with Gasteiger partial charge in [0.1, 0.15) is 5.65 Å². The molecule has 1 aliphatic heterocycles. The summed E-state index contributed by atoms with van der Waals surface area (Å²) in [5, 5.41) is 4.61. The highest BCUT2D eigenvalue weighted by molar-refractivity contribution is 5.76. The van der Waals surface area contributed by atoms with Crippen molar-refractivity contribution in [1.82, 2.24) is 19.5 Å². The molecule has 1 N–H and O–H groups in total. The highest BCUT2D eigenvalue weighted by Crippen LogP contribution is 2.30. The van der Waals surface area contributed by atoms with Crippen LogP contribution < -0.4 is 5.56 Å². The van der Waals surface area contributed by atoms with Crippen molar-refractivity contribution in [3.05, 3.63) is 64.6 Å². The first-order chi connectivity index (χ1) is 12.6. The van der Waals surface area contributed by atoms with Gasteiger partial charge >= 0.3 is 0 Å². The molecule has 0 amide bonds. The summed E-state index contributed by atoms with van der Waals surface area (Å²) in [5.41, 5.74) is 3.81. The zero-order valence-corrected chi connectivity index (χ0v) is 15.4. The standard InChI is InChI=1S/C21H25N4O/c1-15(2)14-24-10-8-17(9-11-24)19-12-20(26)23-21-18(13-22-25(19)21)16-6-4-3-5-7-16/h3-7,12-13,17H,8-11,14H2,1-2H3,(H,23,26). The van der Waals surface area contributed by atoms with Crippen LogP contribution >= 0.6 is 0 Å². The van der Waals surface area contributed by atoms with Crippen LogP contribution in [0.1, 0.15) is 38.3 Å². The Morgan fingerprint density at radius 1 is 1.19 bits per heavy atom. The molecule has 5 nitrogen and oxygen atoms in total. The Labute approximate surface area is 153 Å². The summed E-state index contributed by atoms with van der Waals surface area (Å²) in [6.45, 7) is 7.56. The van der Waals surface area contributed by atoms with E-state index in [-0.39, 0.29) is 5.56 Å². The first-order valence-electron chi connectivity index (χ1n) is 9.29. The Morgan fingerprint density at radius 3 is 2.62 bits per heavy atom. The molecule has 26 heavy (non-hydrogen) atoms. The molecular formula is C21H25N4O. The summed E-state index contributed by atoms with van der Waals surface area (Å²) >= 11 is 0. The van der Waals surface area contributed by atoms with E-state index >= 15 is 0 Å². The van der Waals surface area contributed by atoms with Crippen molar-refractivity contribution < 1.29 is 0 Å². The molecule has 0 aliphatic carbocycles. The van der Waals surface area contributed by atoms with Crippen LogP contribution in [0.4, 0.5) is 0 Å². The van der Waals surface area contributed by atoms with Gasteiger partial charge in [-0.2, -0.15) is 5.10 Å². The third kappa shape index (κ3) is 3.31. The van der Waals surface area contributed by atoms with Gasteiger partial charge in [-0.1, -0.05) is 44.2 Å². The van der Waals surface area contributed by atoms with E-state index in [1.54, 1.807) is 6.07 Å². The Morgan fingerprint density at radius 2 is 1.92 bits per heavy atom. The van der Waals surface area contributed by atoms with Crippen molar-refractivity contribution >= 4 is 5.65 Å². The second-order valence-electron chi connectivity index (χ2n) is 7.50. The van der Waals surface area contributed by atoms with Gasteiger partial charge in [-0.15, -0.1) is 0 Å². The lowest BCUT2D eigenvalue weighted by Crippen LogP contribution is -2.35. The van der Waals surface area contributed by atoms with Crippen LogP contribution in [0.5, 0.6) is 0 Å². The predicted molar refractivity (Wildman–Crippen MR) is 104 cm³/mol. The molecule has 3 aromatic rings. The topological polar surface area (TPSA) is 53.4 Å². The maximum atomic E-state index is 12.3. The fourth-order valence-corrected chi connectivity index (χ4v) is 3.97. The van der Waals surface area contributed by atoms with E-state index in [4.69, 9.17) is 0 Å². The number of nitrogens with zero attached hydrogens (tertiary/aromatic N) is 3. The molecule has 1 aromatic carbocycles. The van der Waals surface area contributed by atoms with Gasteiger partial charge in [0.2, 0.25) is 0 Å². The minimum atomic E-state index is -0.0506. The van der Waals surface area contributed by atoms with Crippen LogP contribution in [-0.2, 0) is 0 Å². The molecule has 0 bridgehead atoms. The van der Waals surface area contributed by atoms with E-state index < -0.39 is 0 Å². The predicted octanol–water partition coefficient (Wildman–Crippen LogP) is 3.48. The number of benzene rings is 1. The van der Waals surface area contributed by atoms with Crippen LogP contribution in [0.15, 0.2) is 47.4 Å². The number of piperidine rings is 1. The summed E-state index contributed by atoms with van der Waals surface area (Å²) < 4.78 is 1.93. The van der Waals surface area contributed by atoms with E-state index in [1.165, 1.54) is 5.92 Å². The van der Waals surface area contributed by atoms with Crippen molar-refractivity contribution in [3.63, 3.8) is 0 Å². The quantitative estimate of drug-likeness (QED) is 0.784. The van der Waals surface area contributed by atoms with E-state index in [0.29, 0.717) is 5.92 Å². The highest BCUT2D eigenvalue weighted by Gasteiger charge is 2.24. The molecule has 1 aliphatic rings. The molecular weight excluding hydrogens is 324 g/mol. The molecule has 0 saturated carbocycles. The van der Waals surface area contributed by atoms with Crippen LogP contribution in [-0.4, -0.2) is 39.1 Å². The van der Waals surface area contributed by atoms with Gasteiger partial charge in [-0.25, -0.2) is 4.52 Å². The number of rotatable bonds is 4. The van der Waals surface area contributed by atoms with Crippen molar-refractivity contribution in [1.29, 1.82) is 0 Å². The lowest BCUT2D eigenvalue weighted by Gasteiger charge is -2.32. The molecule has 2 aromatic heterocycles. The average Bonchev–Trinajstić information content (AvgIpc) is 3.05. The Hall–Kier alpha value is -2.40. The summed E-state index contributed by atoms with van der Waals surface area (Å²) in [5.74, 6) is 1.82. The van der Waals surface area contributed by atoms with Gasteiger partial charge in [-0.3, -0.25) is 4.79 Å². The molecule has 0 atom stereocenters. The van der Waals surface area contributed by atoms with Crippen molar-refractivity contribution in [2.24, 2.45) is 0 Å². The Kier molecular flexibility index (Phi) is 4.64. The molecule has 4 rings (SSSR count). The zero-order chi connectivity index (χ0) is 18.1. The van der Waals surface area contributed by atoms with Crippen molar-refractivity contribution in [2.45, 2.75) is 32.6 Å². The maximum absolute atomic E-state index is 12.3. The highest BCUT2D eigenvalue weighted by atomic mass is 16.1. The van der Waals surface area contributed by atoms with Gasteiger partial charge in [0.05, 0.1) is 11.9 Å². The molecule has 1 fully saturated rings. The molecule has 1 radical (unpaired) electrons. The lowest BCUT2D eigenvalue weighted by atomic mass is 9.92. The van der Waals surface area contributed by atoms with Crippen LogP contribution in [0.25, 0.3) is 16.8 Å². The van der Waals surface area contributed by atoms with Crippen LogP contribution in [0, 0.1) is 5.92 Å². The zero-order valence-electron chi connectivity index (χ0n) is 15.4. The van der Waals surface area contributed by atoms with E-state index in [9.17, 15) is 4.79 Å². The van der Waals surface area contributed by atoms with Gasteiger partial charge in [-0.05, 0) is 37.4 Å². The first kappa shape index (κ1) is 17.0. The molecule has 1 saturated heterocycles. The van der Waals surface area contributed by atoms with Crippen LogP contribution in [0.2, 0.25) is 0 Å². The Bertz CT molecular complexity index is 934. The van der Waals surface area contributed by atoms with Gasteiger partial charge in [0.25, 0.3) is 5.56 Å². The molecule has 3 heterocycles. The number of aromatic amines is 1. The fourth-order valence-electron chi connectivity index (χ4n) is 3.97. The smallest absolute Gasteiger partial charge is 0.251 e. The molecule has 0 spiro atoms. The summed E-state index contributed by atoms with van der Waals surface area (Å²) in [6.07, 6.45) is 3.98.